The number of methoxy groups -OCH3 is 1. The molecule has 2 aromatic heterocycles. The lowest BCUT2D eigenvalue weighted by atomic mass is 10.2. The number of esters is 1. The Hall–Kier alpha value is -3.22. The number of pyridine rings is 1. The fourth-order valence-corrected chi connectivity index (χ4v) is 2.37. The van der Waals surface area contributed by atoms with Crippen LogP contribution in [0, 0.1) is 5.82 Å². The molecule has 23 heavy (non-hydrogen) atoms. The highest BCUT2D eigenvalue weighted by Gasteiger charge is 2.23. The molecule has 0 amide bonds. The zero-order valence-corrected chi connectivity index (χ0v) is 12.0. The summed E-state index contributed by atoms with van der Waals surface area (Å²) in [5.41, 5.74) is 0.473. The number of ether oxygens (including phenoxy) is 1. The molecule has 0 atom stereocenters. The van der Waals surface area contributed by atoms with Crippen LogP contribution in [-0.4, -0.2) is 33.5 Å². The van der Waals surface area contributed by atoms with Crippen LogP contribution in [0.25, 0.3) is 16.9 Å². The van der Waals surface area contributed by atoms with Gasteiger partial charge in [-0.05, 0) is 36.4 Å². The summed E-state index contributed by atoms with van der Waals surface area (Å²) in [5, 5.41) is 9.38. The molecule has 0 aliphatic heterocycles. The predicted molar refractivity (Wildman–Crippen MR) is 78.9 cm³/mol. The normalized spacial score (nSPS) is 10.7. The van der Waals surface area contributed by atoms with E-state index in [9.17, 15) is 19.1 Å². The number of carboxylic acid groups (broad SMARTS) is 1. The molecule has 3 aromatic rings. The third-order valence-electron chi connectivity index (χ3n) is 3.37. The second-order valence-electron chi connectivity index (χ2n) is 4.73. The number of imidazole rings is 1. The Morgan fingerprint density at radius 2 is 1.91 bits per heavy atom. The maximum absolute atomic E-state index is 13.1. The largest absolute Gasteiger partial charge is 0.476 e. The lowest BCUT2D eigenvalue weighted by Gasteiger charge is -2.05. The van der Waals surface area contributed by atoms with E-state index in [4.69, 9.17) is 0 Å². The molecule has 0 radical (unpaired) electrons. The molecule has 7 heteroatoms. The summed E-state index contributed by atoms with van der Waals surface area (Å²) in [6.45, 7) is 0. The Morgan fingerprint density at radius 3 is 2.52 bits per heavy atom. The standard InChI is InChI=1S/C16H11FN2O4/c1-23-16(22)11-3-2-8-19-13(11)12(15(20)21)18-14(19)9-4-6-10(17)7-5-9/h2-8H,1H3,(H,20,21). The van der Waals surface area contributed by atoms with Crippen molar-refractivity contribution in [3.05, 3.63) is 59.7 Å². The molecular weight excluding hydrogens is 303 g/mol. The van der Waals surface area contributed by atoms with E-state index < -0.39 is 17.8 Å². The van der Waals surface area contributed by atoms with Gasteiger partial charge in [0.05, 0.1) is 18.2 Å². The van der Waals surface area contributed by atoms with E-state index in [0.29, 0.717) is 11.4 Å². The van der Waals surface area contributed by atoms with Gasteiger partial charge in [-0.3, -0.25) is 4.40 Å². The number of aromatic nitrogens is 2. The second-order valence-corrected chi connectivity index (χ2v) is 4.73. The van der Waals surface area contributed by atoms with Crippen LogP contribution in [0.5, 0.6) is 0 Å². The zero-order chi connectivity index (χ0) is 16.6. The summed E-state index contributed by atoms with van der Waals surface area (Å²) in [6, 6.07) is 8.52. The number of rotatable bonds is 3. The first-order valence-electron chi connectivity index (χ1n) is 6.61. The SMILES string of the molecule is COC(=O)c1cccn2c(-c3ccc(F)cc3)nc(C(=O)O)c12. The summed E-state index contributed by atoms with van der Waals surface area (Å²) in [5.74, 6) is -2.05. The van der Waals surface area contributed by atoms with Crippen LogP contribution in [0.1, 0.15) is 20.8 Å². The Morgan fingerprint density at radius 1 is 1.22 bits per heavy atom. The summed E-state index contributed by atoms with van der Waals surface area (Å²) in [7, 11) is 1.21. The molecule has 0 spiro atoms. The quantitative estimate of drug-likeness (QED) is 0.752. The first-order valence-corrected chi connectivity index (χ1v) is 6.61. The first-order chi connectivity index (χ1) is 11.0. The zero-order valence-electron chi connectivity index (χ0n) is 12.0. The van der Waals surface area contributed by atoms with E-state index in [0.717, 1.165) is 0 Å². The highest BCUT2D eigenvalue weighted by Crippen LogP contribution is 2.26. The number of fused-ring (bicyclic) bond motifs is 1. The number of halogens is 1. The fourth-order valence-electron chi connectivity index (χ4n) is 2.37. The van der Waals surface area contributed by atoms with Crippen molar-refractivity contribution in [1.29, 1.82) is 0 Å². The minimum atomic E-state index is -1.27. The second kappa shape index (κ2) is 5.53. The third kappa shape index (κ3) is 2.42. The third-order valence-corrected chi connectivity index (χ3v) is 3.37. The lowest BCUT2D eigenvalue weighted by Crippen LogP contribution is -2.06. The number of carbonyl (C=O) groups excluding carboxylic acids is 1. The highest BCUT2D eigenvalue weighted by molar-refractivity contribution is 6.05. The van der Waals surface area contributed by atoms with Crippen LogP contribution in [0.3, 0.4) is 0 Å². The van der Waals surface area contributed by atoms with E-state index in [1.54, 1.807) is 12.3 Å². The van der Waals surface area contributed by atoms with Gasteiger partial charge in [0.2, 0.25) is 0 Å². The van der Waals surface area contributed by atoms with Crippen molar-refractivity contribution >= 4 is 17.5 Å². The van der Waals surface area contributed by atoms with Crippen LogP contribution in [0.2, 0.25) is 0 Å². The van der Waals surface area contributed by atoms with Crippen LogP contribution in [-0.2, 0) is 4.74 Å². The maximum atomic E-state index is 13.1. The minimum absolute atomic E-state index is 0.0910. The summed E-state index contributed by atoms with van der Waals surface area (Å²) in [6.07, 6.45) is 1.58. The number of nitrogens with zero attached hydrogens (tertiary/aromatic N) is 2. The molecule has 0 aliphatic carbocycles. The molecule has 1 aromatic carbocycles. The molecule has 3 rings (SSSR count). The van der Waals surface area contributed by atoms with Crippen molar-refractivity contribution in [2.75, 3.05) is 7.11 Å². The van der Waals surface area contributed by atoms with Crippen molar-refractivity contribution in [3.63, 3.8) is 0 Å². The maximum Gasteiger partial charge on any atom is 0.356 e. The molecule has 0 unspecified atom stereocenters. The topological polar surface area (TPSA) is 80.9 Å². The van der Waals surface area contributed by atoms with Gasteiger partial charge in [-0.1, -0.05) is 0 Å². The summed E-state index contributed by atoms with van der Waals surface area (Å²) >= 11 is 0. The molecule has 6 nitrogen and oxygen atoms in total. The van der Waals surface area contributed by atoms with E-state index >= 15 is 0 Å². The predicted octanol–water partition coefficient (Wildman–Crippen LogP) is 2.63. The smallest absolute Gasteiger partial charge is 0.356 e. The van der Waals surface area contributed by atoms with Crippen molar-refractivity contribution in [2.24, 2.45) is 0 Å². The van der Waals surface area contributed by atoms with Gasteiger partial charge in [0.25, 0.3) is 0 Å². The monoisotopic (exact) mass is 314 g/mol. The van der Waals surface area contributed by atoms with Crippen molar-refractivity contribution in [2.45, 2.75) is 0 Å². The van der Waals surface area contributed by atoms with Gasteiger partial charge in [-0.25, -0.2) is 19.0 Å². The van der Waals surface area contributed by atoms with Gasteiger partial charge < -0.3 is 9.84 Å². The first kappa shape index (κ1) is 14.7. The van der Waals surface area contributed by atoms with Gasteiger partial charge in [-0.15, -0.1) is 0 Å². The molecule has 0 bridgehead atoms. The van der Waals surface area contributed by atoms with Gasteiger partial charge in [0.1, 0.15) is 11.6 Å². The number of aromatic carboxylic acids is 1. The van der Waals surface area contributed by atoms with Crippen LogP contribution >= 0.6 is 0 Å². The van der Waals surface area contributed by atoms with Crippen LogP contribution in [0.4, 0.5) is 4.39 Å². The van der Waals surface area contributed by atoms with Crippen LogP contribution < -0.4 is 0 Å². The van der Waals surface area contributed by atoms with Gasteiger partial charge in [0, 0.05) is 11.8 Å². The molecule has 0 fully saturated rings. The van der Waals surface area contributed by atoms with Gasteiger partial charge in [0.15, 0.2) is 5.69 Å². The summed E-state index contributed by atoms with van der Waals surface area (Å²) in [4.78, 5) is 27.5. The minimum Gasteiger partial charge on any atom is -0.476 e. The summed E-state index contributed by atoms with van der Waals surface area (Å²) < 4.78 is 19.2. The van der Waals surface area contributed by atoms with Gasteiger partial charge in [-0.2, -0.15) is 0 Å². The number of hydrogen-bond donors (Lipinski definition) is 1. The molecule has 116 valence electrons. The Bertz CT molecular complexity index is 916. The number of benzene rings is 1. The lowest BCUT2D eigenvalue weighted by molar-refractivity contribution is 0.0602. The van der Waals surface area contributed by atoms with E-state index in [-0.39, 0.29) is 16.8 Å². The number of carboxylic acids is 1. The molecule has 1 N–H and O–H groups in total. The van der Waals surface area contributed by atoms with Crippen molar-refractivity contribution < 1.29 is 23.8 Å². The molecule has 0 saturated carbocycles. The average Bonchev–Trinajstić information content (AvgIpc) is 2.95. The van der Waals surface area contributed by atoms with Crippen LogP contribution in [0.15, 0.2) is 42.6 Å². The Balaban J connectivity index is 2.35. The van der Waals surface area contributed by atoms with E-state index in [1.165, 1.54) is 41.8 Å². The highest BCUT2D eigenvalue weighted by atomic mass is 19.1. The average molecular weight is 314 g/mol. The molecule has 2 heterocycles. The van der Waals surface area contributed by atoms with Gasteiger partial charge >= 0.3 is 11.9 Å². The van der Waals surface area contributed by atoms with Crippen molar-refractivity contribution in [3.8, 4) is 11.4 Å². The fraction of sp³-hybridized carbons (Fsp3) is 0.0625. The molecule has 0 aliphatic rings. The van der Waals surface area contributed by atoms with Crippen molar-refractivity contribution in [1.82, 2.24) is 9.38 Å². The van der Waals surface area contributed by atoms with E-state index in [1.807, 2.05) is 0 Å². The Labute approximate surface area is 129 Å². The number of hydrogen-bond acceptors (Lipinski definition) is 4. The van der Waals surface area contributed by atoms with E-state index in [2.05, 4.69) is 9.72 Å². The molecule has 0 saturated heterocycles. The molecular formula is C16H11FN2O4. The number of carbonyl (C=O) groups is 2. The Kier molecular flexibility index (Phi) is 3.53.